The van der Waals surface area contributed by atoms with Crippen LogP contribution in [0.25, 0.3) is 0 Å². The van der Waals surface area contributed by atoms with E-state index in [1.807, 2.05) is 0 Å². The van der Waals surface area contributed by atoms with Gasteiger partial charge in [-0.3, -0.25) is 24.0 Å². The van der Waals surface area contributed by atoms with Gasteiger partial charge in [-0.15, -0.1) is 0 Å². The highest BCUT2D eigenvalue weighted by Gasteiger charge is 2.26. The van der Waals surface area contributed by atoms with E-state index in [-0.39, 0.29) is 23.0 Å². The Hall–Kier alpha value is -3.67. The minimum Gasteiger partial charge on any atom is -0.495 e. The van der Waals surface area contributed by atoms with Crippen molar-refractivity contribution < 1.29 is 27.7 Å². The molecule has 2 aromatic rings. The number of carbonyl (C=O) groups is 2. The zero-order valence-electron chi connectivity index (χ0n) is 16.4. The number of benzene rings is 2. The van der Waals surface area contributed by atoms with Crippen LogP contribution in [0.5, 0.6) is 5.75 Å². The molecule has 0 aliphatic carbocycles. The molecule has 0 unspecified atom stereocenters. The maximum Gasteiger partial charge on any atom is 0.271 e. The van der Waals surface area contributed by atoms with Gasteiger partial charge in [0.2, 0.25) is 21.8 Å². The third kappa shape index (κ3) is 5.91. The van der Waals surface area contributed by atoms with Crippen molar-refractivity contribution in [1.82, 2.24) is 0 Å². The Morgan fingerprint density at radius 3 is 2.30 bits per heavy atom. The summed E-state index contributed by atoms with van der Waals surface area (Å²) in [5.41, 5.74) is 0.269. The summed E-state index contributed by atoms with van der Waals surface area (Å²) in [5.74, 6) is -0.945. The largest absolute Gasteiger partial charge is 0.495 e. The molecule has 12 heteroatoms. The lowest BCUT2D eigenvalue weighted by Gasteiger charge is -2.23. The molecule has 0 aliphatic heterocycles. The van der Waals surface area contributed by atoms with Crippen molar-refractivity contribution in [2.45, 2.75) is 6.92 Å². The van der Waals surface area contributed by atoms with Crippen molar-refractivity contribution in [2.75, 3.05) is 34.8 Å². The second-order valence-electron chi connectivity index (χ2n) is 6.19. The van der Waals surface area contributed by atoms with E-state index in [1.54, 1.807) is 18.2 Å². The topological polar surface area (TPSA) is 148 Å². The number of ether oxygens (including phenoxy) is 1. The Morgan fingerprint density at radius 1 is 1.13 bits per heavy atom. The monoisotopic (exact) mass is 436 g/mol. The van der Waals surface area contributed by atoms with Crippen LogP contribution < -0.4 is 19.7 Å². The molecule has 0 radical (unpaired) electrons. The van der Waals surface area contributed by atoms with Gasteiger partial charge in [0.15, 0.2) is 0 Å². The molecule has 0 saturated carbocycles. The molecule has 0 atom stereocenters. The van der Waals surface area contributed by atoms with Gasteiger partial charge < -0.3 is 15.4 Å². The van der Waals surface area contributed by atoms with E-state index < -0.39 is 27.4 Å². The van der Waals surface area contributed by atoms with Gasteiger partial charge in [-0.2, -0.15) is 0 Å². The fraction of sp³-hybridized carbons (Fsp3) is 0.222. The molecular weight excluding hydrogens is 416 g/mol. The summed E-state index contributed by atoms with van der Waals surface area (Å²) in [6.45, 7) is 0.683. The van der Waals surface area contributed by atoms with E-state index in [9.17, 15) is 28.1 Å². The number of methoxy groups -OCH3 is 1. The molecule has 0 saturated heterocycles. The summed E-state index contributed by atoms with van der Waals surface area (Å²) >= 11 is 0. The fourth-order valence-corrected chi connectivity index (χ4v) is 3.43. The lowest BCUT2D eigenvalue weighted by Crippen LogP contribution is -2.37. The first-order valence-electron chi connectivity index (χ1n) is 8.49. The first-order valence-corrected chi connectivity index (χ1v) is 10.3. The Bertz CT molecular complexity index is 1090. The van der Waals surface area contributed by atoms with Gasteiger partial charge in [-0.25, -0.2) is 8.42 Å². The van der Waals surface area contributed by atoms with Crippen LogP contribution in [0, 0.1) is 10.1 Å². The molecule has 2 rings (SSSR count). The van der Waals surface area contributed by atoms with Gasteiger partial charge >= 0.3 is 0 Å². The molecule has 160 valence electrons. The predicted octanol–water partition coefficient (Wildman–Crippen LogP) is 1.97. The molecule has 0 bridgehead atoms. The number of nitrogens with zero attached hydrogens (tertiary/aromatic N) is 2. The lowest BCUT2D eigenvalue weighted by atomic mass is 10.2. The number of hydrogen-bond acceptors (Lipinski definition) is 7. The van der Waals surface area contributed by atoms with Crippen LogP contribution in [0.3, 0.4) is 0 Å². The zero-order valence-corrected chi connectivity index (χ0v) is 17.2. The number of carbonyl (C=O) groups excluding carboxylic acids is 2. The molecule has 2 amide bonds. The van der Waals surface area contributed by atoms with Crippen molar-refractivity contribution >= 4 is 44.6 Å². The summed E-state index contributed by atoms with van der Waals surface area (Å²) in [7, 11) is -2.72. The van der Waals surface area contributed by atoms with Gasteiger partial charge in [0.1, 0.15) is 18.0 Å². The summed E-state index contributed by atoms with van der Waals surface area (Å²) in [4.78, 5) is 34.1. The number of nitrogens with one attached hydrogen (secondary N) is 2. The molecule has 0 fully saturated rings. The number of rotatable bonds is 8. The van der Waals surface area contributed by atoms with Gasteiger partial charge in [0, 0.05) is 30.4 Å². The van der Waals surface area contributed by atoms with Gasteiger partial charge in [0.25, 0.3) is 5.69 Å². The number of nitro benzene ring substituents is 1. The first-order chi connectivity index (χ1) is 14.0. The molecule has 11 nitrogen and oxygen atoms in total. The van der Waals surface area contributed by atoms with Crippen LogP contribution in [0.1, 0.15) is 6.92 Å². The van der Waals surface area contributed by atoms with E-state index in [4.69, 9.17) is 4.74 Å². The highest BCUT2D eigenvalue weighted by molar-refractivity contribution is 7.92. The number of amides is 2. The van der Waals surface area contributed by atoms with Crippen LogP contribution >= 0.6 is 0 Å². The standard InChI is InChI=1S/C18H20N4O7S/c1-12(23)19-13-5-4-6-14(9-13)20-18(24)11-21(30(3,27)28)16-10-15(22(25)26)7-8-17(16)29-2/h4-10H,11H2,1-3H3,(H,19,23)(H,20,24). The van der Waals surface area contributed by atoms with Crippen molar-refractivity contribution in [3.05, 3.63) is 52.6 Å². The lowest BCUT2D eigenvalue weighted by molar-refractivity contribution is -0.384. The molecule has 0 aliphatic rings. The van der Waals surface area contributed by atoms with Gasteiger partial charge in [-0.05, 0) is 24.3 Å². The highest BCUT2D eigenvalue weighted by atomic mass is 32.2. The number of non-ortho nitro benzene ring substituents is 1. The summed E-state index contributed by atoms with van der Waals surface area (Å²) in [5, 5.41) is 16.2. The Morgan fingerprint density at radius 2 is 1.77 bits per heavy atom. The molecule has 0 heterocycles. The minimum absolute atomic E-state index is 0.0477. The second-order valence-corrected chi connectivity index (χ2v) is 8.10. The van der Waals surface area contributed by atoms with E-state index in [2.05, 4.69) is 10.6 Å². The Labute approximate surface area is 172 Å². The first kappa shape index (κ1) is 22.6. The number of sulfonamides is 1. The van der Waals surface area contributed by atoms with Crippen LogP contribution in [0.15, 0.2) is 42.5 Å². The summed E-state index contributed by atoms with van der Waals surface area (Å²) in [6, 6.07) is 9.70. The smallest absolute Gasteiger partial charge is 0.271 e. The third-order valence-electron chi connectivity index (χ3n) is 3.80. The Kier molecular flexibility index (Phi) is 6.95. The minimum atomic E-state index is -3.99. The van der Waals surface area contributed by atoms with Gasteiger partial charge in [0.05, 0.1) is 18.3 Å². The summed E-state index contributed by atoms with van der Waals surface area (Å²) in [6.07, 6.45) is 0.871. The van der Waals surface area contributed by atoms with E-state index in [0.29, 0.717) is 15.7 Å². The fourth-order valence-electron chi connectivity index (χ4n) is 2.58. The maximum absolute atomic E-state index is 12.5. The number of nitro groups is 1. The second kappa shape index (κ2) is 9.22. The molecule has 2 N–H and O–H groups in total. The average molecular weight is 436 g/mol. The van der Waals surface area contributed by atoms with Crippen molar-refractivity contribution in [3.8, 4) is 5.75 Å². The van der Waals surface area contributed by atoms with E-state index in [0.717, 1.165) is 18.4 Å². The average Bonchev–Trinajstić information content (AvgIpc) is 2.64. The highest BCUT2D eigenvalue weighted by Crippen LogP contribution is 2.33. The van der Waals surface area contributed by atoms with Crippen molar-refractivity contribution in [1.29, 1.82) is 0 Å². The normalized spacial score (nSPS) is 10.8. The molecule has 0 aromatic heterocycles. The van der Waals surface area contributed by atoms with Crippen LogP contribution in [0.2, 0.25) is 0 Å². The quantitative estimate of drug-likeness (QED) is 0.475. The Balaban J connectivity index is 2.32. The van der Waals surface area contributed by atoms with Crippen LogP contribution in [-0.2, 0) is 19.6 Å². The van der Waals surface area contributed by atoms with E-state index >= 15 is 0 Å². The van der Waals surface area contributed by atoms with Crippen molar-refractivity contribution in [3.63, 3.8) is 0 Å². The zero-order chi connectivity index (χ0) is 22.5. The predicted molar refractivity (Wildman–Crippen MR) is 111 cm³/mol. The van der Waals surface area contributed by atoms with Crippen LogP contribution in [0.4, 0.5) is 22.7 Å². The molecule has 30 heavy (non-hydrogen) atoms. The number of hydrogen-bond donors (Lipinski definition) is 2. The van der Waals surface area contributed by atoms with Crippen molar-refractivity contribution in [2.24, 2.45) is 0 Å². The third-order valence-corrected chi connectivity index (χ3v) is 4.92. The molecular formula is C18H20N4O7S. The van der Waals surface area contributed by atoms with Gasteiger partial charge in [-0.1, -0.05) is 6.07 Å². The molecule has 0 spiro atoms. The van der Waals surface area contributed by atoms with Crippen LogP contribution in [-0.4, -0.2) is 45.1 Å². The summed E-state index contributed by atoms with van der Waals surface area (Å²) < 4.78 is 30.5. The van der Waals surface area contributed by atoms with E-state index in [1.165, 1.54) is 26.2 Å². The SMILES string of the molecule is COc1ccc([N+](=O)[O-])cc1N(CC(=O)Nc1cccc(NC(C)=O)c1)S(C)(=O)=O. The maximum atomic E-state index is 12.5. The molecule has 2 aromatic carbocycles. The number of anilines is 3.